The Labute approximate surface area is 125 Å². The Morgan fingerprint density at radius 2 is 2.33 bits per heavy atom. The van der Waals surface area contributed by atoms with Gasteiger partial charge in [-0.15, -0.1) is 11.3 Å². The molecule has 18 heavy (non-hydrogen) atoms. The van der Waals surface area contributed by atoms with E-state index in [0.29, 0.717) is 0 Å². The van der Waals surface area contributed by atoms with Crippen molar-refractivity contribution >= 4 is 44.9 Å². The highest BCUT2D eigenvalue weighted by atomic mass is 79.9. The molecular weight excluding hydrogens is 330 g/mol. The lowest BCUT2D eigenvalue weighted by atomic mass is 10.0. The Kier molecular flexibility index (Phi) is 4.78. The van der Waals surface area contributed by atoms with Gasteiger partial charge >= 0.3 is 0 Å². The van der Waals surface area contributed by atoms with E-state index in [9.17, 15) is 4.79 Å². The van der Waals surface area contributed by atoms with Crippen molar-refractivity contribution in [2.24, 2.45) is 0 Å². The van der Waals surface area contributed by atoms with Crippen LogP contribution in [0.25, 0.3) is 0 Å². The number of amides is 1. The van der Waals surface area contributed by atoms with Crippen LogP contribution in [0.3, 0.4) is 0 Å². The molecule has 2 rings (SSSR count). The van der Waals surface area contributed by atoms with Crippen LogP contribution >= 0.6 is 39.0 Å². The van der Waals surface area contributed by atoms with E-state index in [1.807, 2.05) is 11.8 Å². The van der Waals surface area contributed by atoms with Gasteiger partial charge in [0.15, 0.2) is 0 Å². The summed E-state index contributed by atoms with van der Waals surface area (Å²) in [4.78, 5) is 14.5. The van der Waals surface area contributed by atoms with Gasteiger partial charge in [0.1, 0.15) is 0 Å². The zero-order valence-electron chi connectivity index (χ0n) is 10.7. The fourth-order valence-electron chi connectivity index (χ4n) is 1.93. The molecule has 1 aliphatic rings. The molecule has 0 saturated heterocycles. The molecule has 0 unspecified atom stereocenters. The molecule has 0 spiro atoms. The van der Waals surface area contributed by atoms with Crippen LogP contribution in [-0.2, 0) is 12.2 Å². The normalized spacial score (nSPS) is 15.3. The second kappa shape index (κ2) is 5.97. The average molecular weight is 348 g/mol. The molecule has 2 nitrogen and oxygen atoms in total. The molecule has 5 heteroatoms. The molecule has 1 amide bonds. The second-order valence-electron chi connectivity index (χ2n) is 5.14. The molecule has 0 aliphatic carbocycles. The van der Waals surface area contributed by atoms with Crippen LogP contribution < -0.4 is 5.32 Å². The van der Waals surface area contributed by atoms with Crippen molar-refractivity contribution < 1.29 is 4.79 Å². The monoisotopic (exact) mass is 347 g/mol. The Morgan fingerprint density at radius 3 is 3.00 bits per heavy atom. The average Bonchev–Trinajstić information content (AvgIpc) is 2.71. The van der Waals surface area contributed by atoms with Crippen molar-refractivity contribution in [3.63, 3.8) is 0 Å². The van der Waals surface area contributed by atoms with Crippen LogP contribution in [0.2, 0.25) is 0 Å². The first kappa shape index (κ1) is 14.4. The molecule has 0 fully saturated rings. The first-order valence-corrected chi connectivity index (χ1v) is 9.19. The van der Waals surface area contributed by atoms with Gasteiger partial charge in [0.25, 0.3) is 5.91 Å². The number of thioether (sulfide) groups is 1. The lowest BCUT2D eigenvalue weighted by molar-refractivity contribution is 0.0916. The minimum absolute atomic E-state index is 0.0744. The van der Waals surface area contributed by atoms with Crippen LogP contribution in [0.4, 0.5) is 0 Å². The van der Waals surface area contributed by atoms with E-state index < -0.39 is 0 Å². The van der Waals surface area contributed by atoms with Gasteiger partial charge in [-0.1, -0.05) is 15.9 Å². The number of thiophene rings is 1. The largest absolute Gasteiger partial charge is 0.346 e. The number of carbonyl (C=O) groups excluding carboxylic acids is 1. The summed E-state index contributed by atoms with van der Waals surface area (Å²) in [6.45, 7) is 4.13. The number of aryl methyl sites for hydroxylation is 1. The first-order chi connectivity index (χ1) is 8.52. The summed E-state index contributed by atoms with van der Waals surface area (Å²) in [5.41, 5.74) is 1.21. The minimum Gasteiger partial charge on any atom is -0.346 e. The third kappa shape index (κ3) is 3.52. The number of nitrogens with one attached hydrogen (secondary N) is 1. The van der Waals surface area contributed by atoms with Crippen LogP contribution in [0.1, 0.15) is 40.4 Å². The molecule has 0 bridgehead atoms. The molecule has 1 N–H and O–H groups in total. The molecule has 0 radical (unpaired) electrons. The highest BCUT2D eigenvalue weighted by Crippen LogP contribution is 2.31. The fraction of sp³-hybridized carbons (Fsp3) is 0.615. The zero-order chi connectivity index (χ0) is 13.2. The topological polar surface area (TPSA) is 29.1 Å². The van der Waals surface area contributed by atoms with Gasteiger partial charge in [0.2, 0.25) is 0 Å². The highest BCUT2D eigenvalue weighted by molar-refractivity contribution is 9.09. The Balaban J connectivity index is 2.07. The molecule has 100 valence electrons. The van der Waals surface area contributed by atoms with E-state index in [4.69, 9.17) is 0 Å². The van der Waals surface area contributed by atoms with Crippen molar-refractivity contribution in [2.75, 3.05) is 11.1 Å². The number of halogens is 1. The van der Waals surface area contributed by atoms with Crippen LogP contribution in [0.5, 0.6) is 0 Å². The number of hydrogen-bond acceptors (Lipinski definition) is 3. The van der Waals surface area contributed by atoms with Crippen molar-refractivity contribution in [1.29, 1.82) is 0 Å². The van der Waals surface area contributed by atoms with Crippen molar-refractivity contribution in [2.45, 2.75) is 38.0 Å². The predicted molar refractivity (Wildman–Crippen MR) is 84.1 cm³/mol. The number of alkyl halides is 1. The van der Waals surface area contributed by atoms with Crippen LogP contribution in [-0.4, -0.2) is 22.5 Å². The smallest absolute Gasteiger partial charge is 0.261 e. The van der Waals surface area contributed by atoms with E-state index in [1.165, 1.54) is 16.2 Å². The first-order valence-electron chi connectivity index (χ1n) is 6.09. The van der Waals surface area contributed by atoms with Gasteiger partial charge < -0.3 is 5.32 Å². The molecule has 1 aromatic rings. The van der Waals surface area contributed by atoms with Gasteiger partial charge in [-0.05, 0) is 44.1 Å². The van der Waals surface area contributed by atoms with Gasteiger partial charge in [-0.25, -0.2) is 0 Å². The molecule has 0 saturated carbocycles. The SMILES string of the molecule is CC(C)(CCBr)NC(=O)c1cc2c(s1)CCSC2. The van der Waals surface area contributed by atoms with Crippen molar-refractivity contribution in [3.8, 4) is 0 Å². The lowest BCUT2D eigenvalue weighted by Crippen LogP contribution is -2.43. The van der Waals surface area contributed by atoms with Gasteiger partial charge in [0.05, 0.1) is 4.88 Å². The summed E-state index contributed by atoms with van der Waals surface area (Å²) >= 11 is 7.04. The van der Waals surface area contributed by atoms with E-state index in [1.54, 1.807) is 11.3 Å². The summed E-state index contributed by atoms with van der Waals surface area (Å²) in [6.07, 6.45) is 2.04. The minimum atomic E-state index is -0.153. The van der Waals surface area contributed by atoms with Gasteiger partial charge in [0, 0.05) is 21.5 Å². The Bertz CT molecular complexity index is 419. The quantitative estimate of drug-likeness (QED) is 0.838. The van der Waals surface area contributed by atoms with E-state index in [0.717, 1.165) is 28.8 Å². The maximum absolute atomic E-state index is 12.2. The van der Waals surface area contributed by atoms with Crippen molar-refractivity contribution in [1.82, 2.24) is 5.32 Å². The maximum atomic E-state index is 12.2. The van der Waals surface area contributed by atoms with Gasteiger partial charge in [-0.3, -0.25) is 4.79 Å². The zero-order valence-corrected chi connectivity index (χ0v) is 13.9. The Hall–Kier alpha value is -0.000000000000000111. The number of carbonyl (C=O) groups is 1. The van der Waals surface area contributed by atoms with Crippen LogP contribution in [0.15, 0.2) is 6.07 Å². The summed E-state index contributed by atoms with van der Waals surface area (Å²) in [6, 6.07) is 2.08. The standard InChI is InChI=1S/C13H18BrNOS2/c1-13(2,4-5-14)15-12(16)11-7-9-8-17-6-3-10(9)18-11/h7H,3-6,8H2,1-2H3,(H,15,16). The molecular formula is C13H18BrNOS2. The number of hydrogen-bond donors (Lipinski definition) is 1. The molecule has 0 atom stereocenters. The summed E-state index contributed by atoms with van der Waals surface area (Å²) in [5, 5.41) is 4.02. The summed E-state index contributed by atoms with van der Waals surface area (Å²) < 4.78 is 0. The van der Waals surface area contributed by atoms with Crippen LogP contribution in [0, 0.1) is 0 Å². The predicted octanol–water partition coefficient (Wildman–Crippen LogP) is 3.83. The van der Waals surface area contributed by atoms with E-state index in [2.05, 4.69) is 41.2 Å². The third-order valence-electron chi connectivity index (χ3n) is 3.02. The highest BCUT2D eigenvalue weighted by Gasteiger charge is 2.23. The lowest BCUT2D eigenvalue weighted by Gasteiger charge is -2.24. The molecule has 1 aliphatic heterocycles. The van der Waals surface area contributed by atoms with E-state index in [-0.39, 0.29) is 11.4 Å². The van der Waals surface area contributed by atoms with E-state index >= 15 is 0 Å². The molecule has 1 aromatic heterocycles. The molecule has 2 heterocycles. The second-order valence-corrected chi connectivity index (χ2v) is 8.17. The summed E-state index contributed by atoms with van der Waals surface area (Å²) in [7, 11) is 0. The third-order valence-corrected chi connectivity index (χ3v) is 5.66. The fourth-order valence-corrected chi connectivity index (χ4v) is 5.19. The molecule has 0 aromatic carbocycles. The van der Waals surface area contributed by atoms with Gasteiger partial charge in [-0.2, -0.15) is 11.8 Å². The Morgan fingerprint density at radius 1 is 1.56 bits per heavy atom. The van der Waals surface area contributed by atoms with Crippen molar-refractivity contribution in [3.05, 3.63) is 21.4 Å². The number of rotatable bonds is 4. The maximum Gasteiger partial charge on any atom is 0.261 e. The number of fused-ring (bicyclic) bond motifs is 1. The summed E-state index contributed by atoms with van der Waals surface area (Å²) in [5.74, 6) is 2.32.